The molecule has 0 heterocycles. The van der Waals surface area contributed by atoms with E-state index in [2.05, 4.69) is 11.8 Å². The average molecular weight is 174 g/mol. The minimum absolute atomic E-state index is 0.609. The molecule has 0 bridgehead atoms. The lowest BCUT2D eigenvalue weighted by Gasteiger charge is -2.20. The Morgan fingerprint density at radius 2 is 1.92 bits per heavy atom. The van der Waals surface area contributed by atoms with E-state index >= 15 is 0 Å². The van der Waals surface area contributed by atoms with Gasteiger partial charge in [-0.3, -0.25) is 0 Å². The zero-order valence-electron chi connectivity index (χ0n) is 8.04. The fraction of sp³-hybridized carbons (Fsp3) is 0.333. The SMILES string of the molecule is CC#C[C@](O)(CC)c1ccccc1. The highest BCUT2D eigenvalue weighted by molar-refractivity contribution is 5.31. The molecule has 0 saturated heterocycles. The second-order valence-electron chi connectivity index (χ2n) is 2.95. The van der Waals surface area contributed by atoms with E-state index in [1.165, 1.54) is 0 Å². The molecule has 1 aromatic rings. The Labute approximate surface area is 79.4 Å². The minimum Gasteiger partial charge on any atom is -0.373 e. The second-order valence-corrected chi connectivity index (χ2v) is 2.95. The van der Waals surface area contributed by atoms with Crippen LogP contribution in [-0.2, 0) is 5.60 Å². The summed E-state index contributed by atoms with van der Waals surface area (Å²) in [7, 11) is 0. The Morgan fingerprint density at radius 1 is 1.31 bits per heavy atom. The lowest BCUT2D eigenvalue weighted by Crippen LogP contribution is -2.22. The highest BCUT2D eigenvalue weighted by Crippen LogP contribution is 2.23. The van der Waals surface area contributed by atoms with E-state index in [0.29, 0.717) is 6.42 Å². The molecule has 1 rings (SSSR count). The highest BCUT2D eigenvalue weighted by atomic mass is 16.3. The van der Waals surface area contributed by atoms with Crippen molar-refractivity contribution in [3.8, 4) is 11.8 Å². The van der Waals surface area contributed by atoms with Gasteiger partial charge < -0.3 is 5.11 Å². The third-order valence-electron chi connectivity index (χ3n) is 2.09. The molecule has 0 aliphatic carbocycles. The molecule has 0 aliphatic rings. The highest BCUT2D eigenvalue weighted by Gasteiger charge is 2.23. The van der Waals surface area contributed by atoms with Crippen LogP contribution >= 0.6 is 0 Å². The molecular weight excluding hydrogens is 160 g/mol. The molecule has 0 aromatic heterocycles. The predicted molar refractivity (Wildman–Crippen MR) is 54.1 cm³/mol. The van der Waals surface area contributed by atoms with Crippen LogP contribution in [0.3, 0.4) is 0 Å². The topological polar surface area (TPSA) is 20.2 Å². The summed E-state index contributed by atoms with van der Waals surface area (Å²) in [5, 5.41) is 10.1. The van der Waals surface area contributed by atoms with Crippen LogP contribution in [0.25, 0.3) is 0 Å². The van der Waals surface area contributed by atoms with Gasteiger partial charge in [0.25, 0.3) is 0 Å². The maximum Gasteiger partial charge on any atom is 0.150 e. The molecule has 1 N–H and O–H groups in total. The first-order valence-corrected chi connectivity index (χ1v) is 4.44. The monoisotopic (exact) mass is 174 g/mol. The third-order valence-corrected chi connectivity index (χ3v) is 2.09. The van der Waals surface area contributed by atoms with Crippen molar-refractivity contribution in [3.05, 3.63) is 35.9 Å². The molecule has 1 aromatic carbocycles. The summed E-state index contributed by atoms with van der Waals surface area (Å²) in [6.45, 7) is 3.67. The summed E-state index contributed by atoms with van der Waals surface area (Å²) < 4.78 is 0. The molecule has 1 atom stereocenters. The number of hydrogen-bond acceptors (Lipinski definition) is 1. The van der Waals surface area contributed by atoms with Crippen LogP contribution < -0.4 is 0 Å². The lowest BCUT2D eigenvalue weighted by molar-refractivity contribution is 0.0959. The van der Waals surface area contributed by atoms with Gasteiger partial charge >= 0.3 is 0 Å². The lowest BCUT2D eigenvalue weighted by atomic mass is 9.92. The number of benzene rings is 1. The van der Waals surface area contributed by atoms with Crippen molar-refractivity contribution in [1.29, 1.82) is 0 Å². The molecule has 1 heteroatoms. The number of aliphatic hydroxyl groups is 1. The Bertz CT molecular complexity index is 318. The molecule has 0 aliphatic heterocycles. The maximum absolute atomic E-state index is 10.1. The van der Waals surface area contributed by atoms with Crippen molar-refractivity contribution in [2.24, 2.45) is 0 Å². The molecule has 0 unspecified atom stereocenters. The average Bonchev–Trinajstić information content (AvgIpc) is 2.19. The Kier molecular flexibility index (Phi) is 3.11. The van der Waals surface area contributed by atoms with Crippen LogP contribution in [-0.4, -0.2) is 5.11 Å². The number of rotatable bonds is 2. The largest absolute Gasteiger partial charge is 0.373 e. The fourth-order valence-corrected chi connectivity index (χ4v) is 1.29. The zero-order chi connectivity index (χ0) is 9.73. The van der Waals surface area contributed by atoms with Gasteiger partial charge in [0.2, 0.25) is 0 Å². The molecule has 0 spiro atoms. The first-order chi connectivity index (χ1) is 6.23. The van der Waals surface area contributed by atoms with Gasteiger partial charge in [0, 0.05) is 0 Å². The Balaban J connectivity index is 3.08. The van der Waals surface area contributed by atoms with Crippen LogP contribution in [0.1, 0.15) is 25.8 Å². The van der Waals surface area contributed by atoms with Gasteiger partial charge in [0.15, 0.2) is 5.60 Å². The van der Waals surface area contributed by atoms with Crippen molar-refractivity contribution in [3.63, 3.8) is 0 Å². The van der Waals surface area contributed by atoms with E-state index in [1.807, 2.05) is 37.3 Å². The molecule has 0 amide bonds. The van der Waals surface area contributed by atoms with Crippen LogP contribution in [0.2, 0.25) is 0 Å². The summed E-state index contributed by atoms with van der Waals surface area (Å²) in [5.41, 5.74) is -0.109. The molecule has 13 heavy (non-hydrogen) atoms. The van der Waals surface area contributed by atoms with Crippen LogP contribution in [0, 0.1) is 11.8 Å². The van der Waals surface area contributed by atoms with E-state index in [9.17, 15) is 5.11 Å². The van der Waals surface area contributed by atoms with Crippen molar-refractivity contribution in [2.45, 2.75) is 25.9 Å². The van der Waals surface area contributed by atoms with Crippen molar-refractivity contribution in [2.75, 3.05) is 0 Å². The predicted octanol–water partition coefficient (Wildman–Crippen LogP) is 2.31. The van der Waals surface area contributed by atoms with E-state index in [1.54, 1.807) is 6.92 Å². The Hall–Kier alpha value is -1.26. The number of hydrogen-bond donors (Lipinski definition) is 1. The summed E-state index contributed by atoms with van der Waals surface area (Å²) in [5.74, 6) is 5.59. The van der Waals surface area contributed by atoms with Crippen LogP contribution in [0.5, 0.6) is 0 Å². The van der Waals surface area contributed by atoms with Gasteiger partial charge in [-0.1, -0.05) is 43.2 Å². The first kappa shape index (κ1) is 9.83. The van der Waals surface area contributed by atoms with Gasteiger partial charge in [-0.05, 0) is 18.9 Å². The van der Waals surface area contributed by atoms with E-state index in [4.69, 9.17) is 0 Å². The van der Waals surface area contributed by atoms with E-state index in [0.717, 1.165) is 5.56 Å². The minimum atomic E-state index is -0.976. The van der Waals surface area contributed by atoms with Gasteiger partial charge in [0.05, 0.1) is 0 Å². The van der Waals surface area contributed by atoms with Crippen molar-refractivity contribution in [1.82, 2.24) is 0 Å². The fourth-order valence-electron chi connectivity index (χ4n) is 1.29. The summed E-state index contributed by atoms with van der Waals surface area (Å²) in [6.07, 6.45) is 0.609. The van der Waals surface area contributed by atoms with Gasteiger partial charge in [-0.2, -0.15) is 0 Å². The first-order valence-electron chi connectivity index (χ1n) is 4.44. The van der Waals surface area contributed by atoms with E-state index in [-0.39, 0.29) is 0 Å². The molecule has 1 nitrogen and oxygen atoms in total. The molecule has 0 saturated carbocycles. The maximum atomic E-state index is 10.1. The van der Waals surface area contributed by atoms with Crippen molar-refractivity contribution < 1.29 is 5.11 Å². The zero-order valence-corrected chi connectivity index (χ0v) is 8.04. The summed E-state index contributed by atoms with van der Waals surface area (Å²) in [6, 6.07) is 9.54. The molecular formula is C12H14O. The quantitative estimate of drug-likeness (QED) is 0.682. The standard InChI is InChI=1S/C12H14O/c1-3-10-12(13,4-2)11-8-6-5-7-9-11/h5-9,13H,4H2,1-2H3/t12-/m1/s1. The molecule has 0 radical (unpaired) electrons. The normalized spacial score (nSPS) is 14.1. The van der Waals surface area contributed by atoms with Gasteiger partial charge in [-0.15, -0.1) is 5.92 Å². The Morgan fingerprint density at radius 3 is 2.38 bits per heavy atom. The van der Waals surface area contributed by atoms with Crippen molar-refractivity contribution >= 4 is 0 Å². The second kappa shape index (κ2) is 4.11. The smallest absolute Gasteiger partial charge is 0.150 e. The van der Waals surface area contributed by atoms with Gasteiger partial charge in [0.1, 0.15) is 0 Å². The summed E-state index contributed by atoms with van der Waals surface area (Å²) in [4.78, 5) is 0. The van der Waals surface area contributed by atoms with Crippen LogP contribution in [0.4, 0.5) is 0 Å². The van der Waals surface area contributed by atoms with Crippen LogP contribution in [0.15, 0.2) is 30.3 Å². The summed E-state index contributed by atoms with van der Waals surface area (Å²) >= 11 is 0. The third kappa shape index (κ3) is 2.11. The molecule has 0 fully saturated rings. The molecule has 68 valence electrons. The van der Waals surface area contributed by atoms with Gasteiger partial charge in [-0.25, -0.2) is 0 Å². The van der Waals surface area contributed by atoms with E-state index < -0.39 is 5.60 Å².